The molecule has 0 fully saturated rings. The summed E-state index contributed by atoms with van der Waals surface area (Å²) < 4.78 is 16.4. The normalized spacial score (nSPS) is 13.9. The van der Waals surface area contributed by atoms with Crippen molar-refractivity contribution in [1.29, 1.82) is 0 Å². The number of rotatable bonds is 12. The fourth-order valence-electron chi connectivity index (χ4n) is 2.85. The molecule has 0 radical (unpaired) electrons. The van der Waals surface area contributed by atoms with Gasteiger partial charge in [-0.2, -0.15) is 0 Å². The van der Waals surface area contributed by atoms with E-state index in [-0.39, 0.29) is 5.97 Å². The maximum atomic E-state index is 12.9. The summed E-state index contributed by atoms with van der Waals surface area (Å²) in [4.78, 5) is 36.4. The molecule has 33 heavy (non-hydrogen) atoms. The number of carbonyl (C=O) groups excluding carboxylic acids is 3. The number of esters is 3. The van der Waals surface area contributed by atoms with Gasteiger partial charge in [0.15, 0.2) is 0 Å². The maximum absolute atomic E-state index is 12.9. The van der Waals surface area contributed by atoms with Crippen LogP contribution in [-0.4, -0.2) is 38.7 Å². The zero-order chi connectivity index (χ0) is 25.1. The fourth-order valence-corrected chi connectivity index (χ4v) is 3.65. The van der Waals surface area contributed by atoms with Crippen LogP contribution in [-0.2, 0) is 28.6 Å². The van der Waals surface area contributed by atoms with Crippen molar-refractivity contribution < 1.29 is 28.6 Å². The van der Waals surface area contributed by atoms with Gasteiger partial charge in [-0.05, 0) is 46.5 Å². The van der Waals surface area contributed by atoms with E-state index >= 15 is 0 Å². The number of ether oxygens (including phenoxy) is 3. The SMILES string of the molecule is CC(=O)O[C@H](C(=O)O[C@H](/C=C/[Si](C)(C)C)CCCCCOC(=O)C(C)(C)C)c1ccccc1. The molecular weight excluding hydrogens is 436 g/mol. The highest BCUT2D eigenvalue weighted by Crippen LogP contribution is 2.22. The average molecular weight is 477 g/mol. The van der Waals surface area contributed by atoms with Gasteiger partial charge in [0.05, 0.1) is 20.1 Å². The van der Waals surface area contributed by atoms with E-state index in [0.717, 1.165) is 19.3 Å². The summed E-state index contributed by atoms with van der Waals surface area (Å²) in [6.45, 7) is 13.8. The number of benzene rings is 1. The first-order valence-corrected chi connectivity index (χ1v) is 15.2. The Bertz CT molecular complexity index is 789. The van der Waals surface area contributed by atoms with Gasteiger partial charge in [0.2, 0.25) is 6.10 Å². The van der Waals surface area contributed by atoms with Gasteiger partial charge >= 0.3 is 17.9 Å². The monoisotopic (exact) mass is 476 g/mol. The zero-order valence-electron chi connectivity index (χ0n) is 21.2. The first kappa shape index (κ1) is 28.6. The summed E-state index contributed by atoms with van der Waals surface area (Å²) in [5.74, 6) is -1.33. The highest BCUT2D eigenvalue weighted by Gasteiger charge is 2.27. The molecule has 0 aliphatic carbocycles. The van der Waals surface area contributed by atoms with E-state index in [9.17, 15) is 14.4 Å². The molecule has 0 amide bonds. The first-order chi connectivity index (χ1) is 15.3. The van der Waals surface area contributed by atoms with Gasteiger partial charge in [-0.3, -0.25) is 9.59 Å². The van der Waals surface area contributed by atoms with Gasteiger partial charge in [0.1, 0.15) is 6.10 Å². The van der Waals surface area contributed by atoms with E-state index in [2.05, 4.69) is 25.3 Å². The number of hydrogen-bond donors (Lipinski definition) is 0. The molecule has 0 aliphatic heterocycles. The minimum Gasteiger partial charge on any atom is -0.465 e. The second kappa shape index (κ2) is 13.3. The Morgan fingerprint density at radius 1 is 0.970 bits per heavy atom. The first-order valence-electron chi connectivity index (χ1n) is 11.6. The molecule has 0 saturated heterocycles. The zero-order valence-corrected chi connectivity index (χ0v) is 22.2. The lowest BCUT2D eigenvalue weighted by atomic mass is 9.97. The van der Waals surface area contributed by atoms with E-state index in [0.29, 0.717) is 18.6 Å². The van der Waals surface area contributed by atoms with Crippen molar-refractivity contribution >= 4 is 26.0 Å². The van der Waals surface area contributed by atoms with Crippen LogP contribution in [0, 0.1) is 5.41 Å². The summed E-state index contributed by atoms with van der Waals surface area (Å²) in [6, 6.07) is 8.88. The van der Waals surface area contributed by atoms with Gasteiger partial charge in [0, 0.05) is 12.5 Å². The van der Waals surface area contributed by atoms with Gasteiger partial charge in [-0.25, -0.2) is 4.79 Å². The molecule has 2 atom stereocenters. The second-order valence-electron chi connectivity index (χ2n) is 10.3. The van der Waals surface area contributed by atoms with E-state index < -0.39 is 37.6 Å². The van der Waals surface area contributed by atoms with Crippen molar-refractivity contribution in [3.63, 3.8) is 0 Å². The van der Waals surface area contributed by atoms with Gasteiger partial charge in [0.25, 0.3) is 0 Å². The van der Waals surface area contributed by atoms with Gasteiger partial charge in [-0.15, -0.1) is 0 Å². The fraction of sp³-hybridized carbons (Fsp3) is 0.577. The molecule has 1 aromatic rings. The third-order valence-corrected chi connectivity index (χ3v) is 5.85. The summed E-state index contributed by atoms with van der Waals surface area (Å²) in [6.07, 6.45) is 3.50. The Labute approximate surface area is 199 Å². The van der Waals surface area contributed by atoms with Gasteiger partial charge < -0.3 is 14.2 Å². The Hall–Kier alpha value is -2.41. The van der Waals surface area contributed by atoms with Crippen LogP contribution in [0.5, 0.6) is 0 Å². The van der Waals surface area contributed by atoms with Crippen LogP contribution in [0.3, 0.4) is 0 Å². The predicted molar refractivity (Wildman–Crippen MR) is 132 cm³/mol. The molecule has 0 bridgehead atoms. The van der Waals surface area contributed by atoms with Crippen LogP contribution in [0.2, 0.25) is 19.6 Å². The van der Waals surface area contributed by atoms with Gasteiger partial charge in [-0.1, -0.05) is 61.7 Å². The summed E-state index contributed by atoms with van der Waals surface area (Å²) in [5.41, 5.74) is 2.23. The second-order valence-corrected chi connectivity index (χ2v) is 15.4. The Balaban J connectivity index is 2.73. The summed E-state index contributed by atoms with van der Waals surface area (Å²) in [7, 11) is -1.49. The molecule has 0 aliphatic rings. The van der Waals surface area contributed by atoms with Crippen molar-refractivity contribution in [3.05, 3.63) is 47.7 Å². The number of hydrogen-bond acceptors (Lipinski definition) is 6. The maximum Gasteiger partial charge on any atom is 0.352 e. The highest BCUT2D eigenvalue weighted by molar-refractivity contribution is 6.80. The van der Waals surface area contributed by atoms with Crippen molar-refractivity contribution in [3.8, 4) is 0 Å². The Morgan fingerprint density at radius 3 is 2.15 bits per heavy atom. The van der Waals surface area contributed by atoms with E-state index in [4.69, 9.17) is 14.2 Å². The highest BCUT2D eigenvalue weighted by atomic mass is 28.3. The van der Waals surface area contributed by atoms with Crippen LogP contribution in [0.1, 0.15) is 65.0 Å². The Kier molecular flexibility index (Phi) is 11.6. The Morgan fingerprint density at radius 2 is 1.61 bits per heavy atom. The third kappa shape index (κ3) is 12.4. The van der Waals surface area contributed by atoms with Crippen LogP contribution in [0.4, 0.5) is 0 Å². The van der Waals surface area contributed by atoms with Crippen molar-refractivity contribution in [2.45, 2.75) is 85.2 Å². The van der Waals surface area contributed by atoms with Crippen LogP contribution >= 0.6 is 0 Å². The van der Waals surface area contributed by atoms with Crippen molar-refractivity contribution in [2.75, 3.05) is 6.61 Å². The van der Waals surface area contributed by atoms with Crippen molar-refractivity contribution in [2.24, 2.45) is 5.41 Å². The molecule has 0 unspecified atom stereocenters. The molecular formula is C26H40O6Si. The molecule has 0 saturated carbocycles. The lowest BCUT2D eigenvalue weighted by molar-refractivity contribution is -0.169. The number of carbonyl (C=O) groups is 3. The molecule has 184 valence electrons. The number of unbranched alkanes of at least 4 members (excludes halogenated alkanes) is 2. The van der Waals surface area contributed by atoms with Crippen molar-refractivity contribution in [1.82, 2.24) is 0 Å². The molecule has 0 aromatic heterocycles. The quantitative estimate of drug-likeness (QED) is 0.164. The molecule has 0 heterocycles. The molecule has 0 spiro atoms. The van der Waals surface area contributed by atoms with Crippen LogP contribution in [0.15, 0.2) is 42.1 Å². The third-order valence-electron chi connectivity index (χ3n) is 4.66. The molecule has 1 aromatic carbocycles. The summed E-state index contributed by atoms with van der Waals surface area (Å²) >= 11 is 0. The minimum atomic E-state index is -1.49. The smallest absolute Gasteiger partial charge is 0.352 e. The molecule has 0 N–H and O–H groups in total. The molecule has 1 rings (SSSR count). The van der Waals surface area contributed by atoms with E-state index in [1.165, 1.54) is 6.92 Å². The lowest BCUT2D eigenvalue weighted by Crippen LogP contribution is -2.26. The van der Waals surface area contributed by atoms with E-state index in [1.54, 1.807) is 24.3 Å². The lowest BCUT2D eigenvalue weighted by Gasteiger charge is -2.21. The predicted octanol–water partition coefficient (Wildman–Crippen LogP) is 5.79. The average Bonchev–Trinajstić information content (AvgIpc) is 2.71. The standard InChI is InChI=1S/C26H40O6Si/c1-20(27)31-23(21-14-10-8-11-15-21)24(28)32-22(17-19-33(5,6)7)16-12-9-13-18-30-25(29)26(2,3)4/h8,10-11,14-15,17,19,22-23H,9,12-13,16,18H2,1-7H3/b19-17+/t22-,23-/m0/s1. The van der Waals surface area contributed by atoms with Crippen LogP contribution in [0.25, 0.3) is 0 Å². The molecule has 7 heteroatoms. The van der Waals surface area contributed by atoms with Crippen LogP contribution < -0.4 is 0 Å². The topological polar surface area (TPSA) is 78.9 Å². The summed E-state index contributed by atoms with van der Waals surface area (Å²) in [5, 5.41) is 0. The largest absolute Gasteiger partial charge is 0.465 e. The molecule has 6 nitrogen and oxygen atoms in total. The minimum absolute atomic E-state index is 0.204. The van der Waals surface area contributed by atoms with E-state index in [1.807, 2.05) is 32.9 Å².